The average molecular weight is 399 g/mol. The number of halogens is 1. The predicted molar refractivity (Wildman–Crippen MR) is 110 cm³/mol. The highest BCUT2D eigenvalue weighted by Gasteiger charge is 2.33. The van der Waals surface area contributed by atoms with Crippen molar-refractivity contribution in [3.8, 4) is 5.75 Å². The number of piperidine rings is 1. The van der Waals surface area contributed by atoms with E-state index < -0.39 is 5.91 Å². The van der Waals surface area contributed by atoms with Gasteiger partial charge in [0.15, 0.2) is 0 Å². The van der Waals surface area contributed by atoms with E-state index in [2.05, 4.69) is 0 Å². The number of ether oxygens (including phenoxy) is 1. The van der Waals surface area contributed by atoms with E-state index in [1.165, 1.54) is 0 Å². The molecular formula is C22H23ClN2O3. The van der Waals surface area contributed by atoms with Crippen molar-refractivity contribution in [3.63, 3.8) is 0 Å². The van der Waals surface area contributed by atoms with Gasteiger partial charge in [-0.25, -0.2) is 0 Å². The number of benzene rings is 2. The van der Waals surface area contributed by atoms with Crippen LogP contribution in [0.3, 0.4) is 0 Å². The SMILES string of the molecule is NC(=O)C[C@H]1CN(C(=O)/C=C/c2ccccc2)CC[C@@H]1Oc1ccc(Cl)cc1. The lowest BCUT2D eigenvalue weighted by molar-refractivity contribution is -0.131. The van der Waals surface area contributed by atoms with Gasteiger partial charge in [0.05, 0.1) is 0 Å². The van der Waals surface area contributed by atoms with E-state index in [9.17, 15) is 9.59 Å². The van der Waals surface area contributed by atoms with Gasteiger partial charge in [-0.1, -0.05) is 41.9 Å². The number of nitrogens with zero attached hydrogens (tertiary/aromatic N) is 1. The van der Waals surface area contributed by atoms with Gasteiger partial charge in [0.1, 0.15) is 11.9 Å². The molecule has 0 spiro atoms. The minimum absolute atomic E-state index is 0.0803. The summed E-state index contributed by atoms with van der Waals surface area (Å²) < 4.78 is 6.06. The maximum Gasteiger partial charge on any atom is 0.246 e. The Hall–Kier alpha value is -2.79. The first-order valence-electron chi connectivity index (χ1n) is 9.24. The second-order valence-corrected chi connectivity index (χ2v) is 7.29. The molecule has 2 N–H and O–H groups in total. The predicted octanol–water partition coefficient (Wildman–Crippen LogP) is 3.52. The normalized spacial score (nSPS) is 19.5. The highest BCUT2D eigenvalue weighted by molar-refractivity contribution is 6.30. The smallest absolute Gasteiger partial charge is 0.246 e. The minimum Gasteiger partial charge on any atom is -0.490 e. The Kier molecular flexibility index (Phi) is 6.71. The van der Waals surface area contributed by atoms with E-state index in [0.29, 0.717) is 30.3 Å². The molecule has 1 fully saturated rings. The molecule has 0 saturated carbocycles. The molecule has 2 amide bonds. The van der Waals surface area contributed by atoms with Gasteiger partial charge < -0.3 is 15.4 Å². The lowest BCUT2D eigenvalue weighted by atomic mass is 9.91. The summed E-state index contributed by atoms with van der Waals surface area (Å²) in [4.78, 5) is 25.8. The molecule has 0 aliphatic carbocycles. The van der Waals surface area contributed by atoms with Crippen molar-refractivity contribution >= 4 is 29.5 Å². The number of hydrogen-bond acceptors (Lipinski definition) is 3. The Morgan fingerprint density at radius 2 is 1.86 bits per heavy atom. The summed E-state index contributed by atoms with van der Waals surface area (Å²) in [6.07, 6.45) is 3.98. The molecule has 0 radical (unpaired) electrons. The third kappa shape index (κ3) is 5.60. The van der Waals surface area contributed by atoms with Crippen LogP contribution in [0.25, 0.3) is 6.08 Å². The number of amides is 2. The van der Waals surface area contributed by atoms with Crippen molar-refractivity contribution in [2.75, 3.05) is 13.1 Å². The van der Waals surface area contributed by atoms with Gasteiger partial charge in [0.2, 0.25) is 11.8 Å². The molecule has 0 unspecified atom stereocenters. The maximum atomic E-state index is 12.6. The molecule has 1 heterocycles. The molecule has 0 aromatic heterocycles. The first kappa shape index (κ1) is 20.0. The molecule has 1 aliphatic heterocycles. The molecule has 2 aromatic rings. The lowest BCUT2D eigenvalue weighted by Crippen LogP contribution is -2.48. The Balaban J connectivity index is 1.65. The van der Waals surface area contributed by atoms with Crippen LogP contribution >= 0.6 is 11.6 Å². The quantitative estimate of drug-likeness (QED) is 0.756. The fraction of sp³-hybridized carbons (Fsp3) is 0.273. The molecule has 28 heavy (non-hydrogen) atoms. The molecule has 146 valence electrons. The number of primary amides is 1. The minimum atomic E-state index is -0.399. The summed E-state index contributed by atoms with van der Waals surface area (Å²) in [5, 5.41) is 0.631. The molecule has 6 heteroatoms. The van der Waals surface area contributed by atoms with Gasteiger partial charge in [0.25, 0.3) is 0 Å². The topological polar surface area (TPSA) is 72.6 Å². The van der Waals surface area contributed by atoms with Crippen LogP contribution in [0.5, 0.6) is 5.75 Å². The number of carbonyl (C=O) groups is 2. The average Bonchev–Trinajstić information content (AvgIpc) is 2.69. The van der Waals surface area contributed by atoms with Crippen LogP contribution in [0.15, 0.2) is 60.7 Å². The molecule has 3 rings (SSSR count). The second kappa shape index (κ2) is 9.42. The fourth-order valence-corrected chi connectivity index (χ4v) is 3.47. The number of likely N-dealkylation sites (tertiary alicyclic amines) is 1. The molecule has 1 aliphatic rings. The van der Waals surface area contributed by atoms with E-state index in [4.69, 9.17) is 22.1 Å². The van der Waals surface area contributed by atoms with Crippen LogP contribution < -0.4 is 10.5 Å². The van der Waals surface area contributed by atoms with Crippen molar-refractivity contribution < 1.29 is 14.3 Å². The van der Waals surface area contributed by atoms with Crippen molar-refractivity contribution in [1.29, 1.82) is 0 Å². The van der Waals surface area contributed by atoms with Crippen LogP contribution in [-0.2, 0) is 9.59 Å². The first-order chi connectivity index (χ1) is 13.5. The summed E-state index contributed by atoms with van der Waals surface area (Å²) >= 11 is 5.91. The van der Waals surface area contributed by atoms with Crippen molar-refractivity contribution in [2.45, 2.75) is 18.9 Å². The summed E-state index contributed by atoms with van der Waals surface area (Å²) in [5.41, 5.74) is 6.39. The highest BCUT2D eigenvalue weighted by Crippen LogP contribution is 2.26. The zero-order valence-electron chi connectivity index (χ0n) is 15.5. The first-order valence-corrected chi connectivity index (χ1v) is 9.61. The number of rotatable bonds is 6. The maximum absolute atomic E-state index is 12.6. The van der Waals surface area contributed by atoms with E-state index in [0.717, 1.165) is 5.56 Å². The summed E-state index contributed by atoms with van der Waals surface area (Å²) in [6, 6.07) is 16.8. The summed E-state index contributed by atoms with van der Waals surface area (Å²) in [6.45, 7) is 0.991. The van der Waals surface area contributed by atoms with Crippen LogP contribution in [0.1, 0.15) is 18.4 Å². The van der Waals surface area contributed by atoms with Gasteiger partial charge in [-0.05, 0) is 35.9 Å². The molecule has 5 nitrogen and oxygen atoms in total. The van der Waals surface area contributed by atoms with E-state index in [1.54, 1.807) is 41.3 Å². The second-order valence-electron chi connectivity index (χ2n) is 6.86. The Labute approximate surface area is 169 Å². The monoisotopic (exact) mass is 398 g/mol. The van der Waals surface area contributed by atoms with Crippen molar-refractivity contribution in [3.05, 3.63) is 71.3 Å². The lowest BCUT2D eigenvalue weighted by Gasteiger charge is -2.37. The summed E-state index contributed by atoms with van der Waals surface area (Å²) in [7, 11) is 0. The van der Waals surface area contributed by atoms with Gasteiger partial charge in [-0.3, -0.25) is 9.59 Å². The van der Waals surface area contributed by atoms with E-state index >= 15 is 0 Å². The van der Waals surface area contributed by atoms with Crippen LogP contribution in [0, 0.1) is 5.92 Å². The standard InChI is InChI=1S/C22H23ClN2O3/c23-18-7-9-19(10-8-18)28-20-12-13-25(15-17(20)14-21(24)26)22(27)11-6-16-4-2-1-3-5-16/h1-11,17,20H,12-15H2,(H2,24,26)/b11-6+/t17-,20-/m0/s1. The number of carbonyl (C=O) groups excluding carboxylic acids is 2. The molecule has 0 bridgehead atoms. The Bertz CT molecular complexity index is 837. The number of nitrogens with two attached hydrogens (primary N) is 1. The zero-order chi connectivity index (χ0) is 19.9. The Morgan fingerprint density at radius 3 is 2.54 bits per heavy atom. The molecule has 2 atom stereocenters. The van der Waals surface area contributed by atoms with Crippen LogP contribution in [-0.4, -0.2) is 35.9 Å². The van der Waals surface area contributed by atoms with Gasteiger partial charge >= 0.3 is 0 Å². The van der Waals surface area contributed by atoms with Crippen LogP contribution in [0.2, 0.25) is 5.02 Å². The van der Waals surface area contributed by atoms with Gasteiger partial charge in [-0.15, -0.1) is 0 Å². The van der Waals surface area contributed by atoms with Gasteiger partial charge in [-0.2, -0.15) is 0 Å². The molecule has 1 saturated heterocycles. The Morgan fingerprint density at radius 1 is 1.14 bits per heavy atom. The van der Waals surface area contributed by atoms with E-state index in [-0.39, 0.29) is 24.3 Å². The number of hydrogen-bond donors (Lipinski definition) is 1. The third-order valence-corrected chi connectivity index (χ3v) is 5.01. The third-order valence-electron chi connectivity index (χ3n) is 4.76. The zero-order valence-corrected chi connectivity index (χ0v) is 16.2. The fourth-order valence-electron chi connectivity index (χ4n) is 3.35. The summed E-state index contributed by atoms with van der Waals surface area (Å²) in [5.74, 6) is 0.0516. The largest absolute Gasteiger partial charge is 0.490 e. The van der Waals surface area contributed by atoms with Crippen LogP contribution in [0.4, 0.5) is 0 Å². The molecular weight excluding hydrogens is 376 g/mol. The van der Waals surface area contributed by atoms with Crippen molar-refractivity contribution in [1.82, 2.24) is 4.90 Å². The van der Waals surface area contributed by atoms with Gasteiger partial charge in [0, 0.05) is 42.9 Å². The van der Waals surface area contributed by atoms with E-state index in [1.807, 2.05) is 30.3 Å². The molecule has 2 aromatic carbocycles. The highest BCUT2D eigenvalue weighted by atomic mass is 35.5. The van der Waals surface area contributed by atoms with Crippen molar-refractivity contribution in [2.24, 2.45) is 11.7 Å².